The van der Waals surface area contributed by atoms with Crippen LogP contribution in [0.4, 0.5) is 5.69 Å². The summed E-state index contributed by atoms with van der Waals surface area (Å²) >= 11 is 10.5. The maximum Gasteiger partial charge on any atom is 0.299 e. The SMILES string of the molecule is O=C(CN1C(=O)C(=O)c2ccc(Cl)cc21)c1ccc(Br)s1. The molecule has 0 saturated heterocycles. The first-order chi connectivity index (χ1) is 9.97. The molecule has 0 saturated carbocycles. The molecule has 0 N–H and O–H groups in total. The van der Waals surface area contributed by atoms with Gasteiger partial charge in [0.1, 0.15) is 0 Å². The molecule has 0 atom stereocenters. The number of Topliss-reactive ketones (excluding diaryl/α,β-unsaturated/α-hetero) is 2. The molecule has 1 aromatic heterocycles. The number of carbonyl (C=O) groups is 3. The van der Waals surface area contributed by atoms with Crippen molar-refractivity contribution >= 4 is 62.0 Å². The molecule has 0 radical (unpaired) electrons. The standard InChI is InChI=1S/C14H7BrClNO3S/c15-12-4-3-11(21-12)10(18)6-17-9-5-7(16)1-2-8(9)13(19)14(17)20/h1-5H,6H2. The number of hydrogen-bond donors (Lipinski definition) is 0. The predicted molar refractivity (Wildman–Crippen MR) is 84.5 cm³/mol. The van der Waals surface area contributed by atoms with Crippen LogP contribution in [0.25, 0.3) is 0 Å². The van der Waals surface area contributed by atoms with Crippen molar-refractivity contribution in [3.05, 3.63) is 49.6 Å². The molecule has 1 aromatic carbocycles. The summed E-state index contributed by atoms with van der Waals surface area (Å²) in [7, 11) is 0. The monoisotopic (exact) mass is 383 g/mol. The highest BCUT2D eigenvalue weighted by atomic mass is 79.9. The summed E-state index contributed by atoms with van der Waals surface area (Å²) in [5.41, 5.74) is 0.672. The number of carbonyl (C=O) groups excluding carboxylic acids is 3. The lowest BCUT2D eigenvalue weighted by Crippen LogP contribution is -2.34. The molecule has 0 spiro atoms. The summed E-state index contributed by atoms with van der Waals surface area (Å²) in [5, 5.41) is 0.410. The smallest absolute Gasteiger partial charge is 0.297 e. The van der Waals surface area contributed by atoms with Crippen LogP contribution in [-0.4, -0.2) is 24.0 Å². The van der Waals surface area contributed by atoms with E-state index in [1.807, 2.05) is 0 Å². The Morgan fingerprint density at radius 1 is 1.24 bits per heavy atom. The van der Waals surface area contributed by atoms with Gasteiger partial charge in [-0.2, -0.15) is 0 Å². The van der Waals surface area contributed by atoms with Crippen molar-refractivity contribution in [2.24, 2.45) is 0 Å². The molecule has 0 bridgehead atoms. The Morgan fingerprint density at radius 3 is 2.67 bits per heavy atom. The highest BCUT2D eigenvalue weighted by Crippen LogP contribution is 2.32. The first-order valence-electron chi connectivity index (χ1n) is 5.91. The van der Waals surface area contributed by atoms with Gasteiger partial charge in [-0.15, -0.1) is 11.3 Å². The zero-order valence-electron chi connectivity index (χ0n) is 10.4. The van der Waals surface area contributed by atoms with E-state index in [1.165, 1.54) is 28.4 Å². The van der Waals surface area contributed by atoms with Crippen molar-refractivity contribution < 1.29 is 14.4 Å². The van der Waals surface area contributed by atoms with E-state index in [9.17, 15) is 14.4 Å². The van der Waals surface area contributed by atoms with Gasteiger partial charge in [-0.1, -0.05) is 11.6 Å². The number of amides is 1. The van der Waals surface area contributed by atoms with E-state index in [1.54, 1.807) is 18.2 Å². The van der Waals surface area contributed by atoms with Crippen LogP contribution in [0.15, 0.2) is 34.1 Å². The van der Waals surface area contributed by atoms with E-state index in [0.29, 0.717) is 15.6 Å². The fourth-order valence-electron chi connectivity index (χ4n) is 2.11. The van der Waals surface area contributed by atoms with Crippen molar-refractivity contribution in [1.29, 1.82) is 0 Å². The van der Waals surface area contributed by atoms with Gasteiger partial charge >= 0.3 is 0 Å². The van der Waals surface area contributed by atoms with Crippen molar-refractivity contribution in [1.82, 2.24) is 0 Å². The Labute approximate surface area is 137 Å². The van der Waals surface area contributed by atoms with Crippen LogP contribution in [0.1, 0.15) is 20.0 Å². The summed E-state index contributed by atoms with van der Waals surface area (Å²) in [4.78, 5) is 37.8. The number of thiophene rings is 1. The fraction of sp³-hybridized carbons (Fsp3) is 0.0714. The van der Waals surface area contributed by atoms with Crippen LogP contribution in [0, 0.1) is 0 Å². The zero-order valence-corrected chi connectivity index (χ0v) is 13.6. The Balaban J connectivity index is 1.93. The average Bonchev–Trinajstić information content (AvgIpc) is 2.97. The van der Waals surface area contributed by atoms with Gasteiger partial charge < -0.3 is 0 Å². The third-order valence-corrected chi connectivity index (χ3v) is 4.98. The molecule has 7 heteroatoms. The minimum atomic E-state index is -0.698. The Kier molecular flexibility index (Phi) is 3.69. The highest BCUT2D eigenvalue weighted by Gasteiger charge is 2.37. The molecule has 2 aromatic rings. The number of ketones is 2. The third-order valence-electron chi connectivity index (χ3n) is 3.08. The number of fused-ring (bicyclic) bond motifs is 1. The van der Waals surface area contributed by atoms with Crippen LogP contribution in [0.3, 0.4) is 0 Å². The number of rotatable bonds is 3. The minimum Gasteiger partial charge on any atom is -0.297 e. The maximum atomic E-state index is 12.2. The second-order valence-corrected chi connectivity index (χ2v) is 7.31. The summed E-state index contributed by atoms with van der Waals surface area (Å²) in [6.45, 7) is -0.176. The van der Waals surface area contributed by atoms with Gasteiger partial charge in [-0.25, -0.2) is 0 Å². The first kappa shape index (κ1) is 14.4. The van der Waals surface area contributed by atoms with Crippen molar-refractivity contribution in [2.75, 3.05) is 11.4 Å². The quantitative estimate of drug-likeness (QED) is 0.600. The zero-order chi connectivity index (χ0) is 15.1. The minimum absolute atomic E-state index is 0.176. The first-order valence-corrected chi connectivity index (χ1v) is 7.90. The molecular formula is C14H7BrClNO3S. The van der Waals surface area contributed by atoms with E-state index >= 15 is 0 Å². The topological polar surface area (TPSA) is 54.5 Å². The number of benzene rings is 1. The van der Waals surface area contributed by atoms with Crippen LogP contribution in [0.5, 0.6) is 0 Å². The second kappa shape index (κ2) is 5.36. The van der Waals surface area contributed by atoms with Gasteiger partial charge in [0.2, 0.25) is 0 Å². The molecule has 21 heavy (non-hydrogen) atoms. The lowest BCUT2D eigenvalue weighted by Gasteiger charge is -2.15. The molecule has 2 heterocycles. The van der Waals surface area contributed by atoms with Crippen LogP contribution < -0.4 is 4.90 Å². The van der Waals surface area contributed by atoms with Crippen molar-refractivity contribution in [3.63, 3.8) is 0 Å². The molecule has 1 aliphatic rings. The van der Waals surface area contributed by atoms with Crippen LogP contribution in [-0.2, 0) is 4.79 Å². The molecule has 1 amide bonds. The molecule has 0 fully saturated rings. The summed E-state index contributed by atoms with van der Waals surface area (Å²) in [5.74, 6) is -1.53. The Hall–Kier alpha value is -1.50. The number of hydrogen-bond acceptors (Lipinski definition) is 4. The third kappa shape index (κ3) is 2.54. The van der Waals surface area contributed by atoms with Crippen LogP contribution in [0.2, 0.25) is 5.02 Å². The van der Waals surface area contributed by atoms with E-state index in [-0.39, 0.29) is 17.9 Å². The molecule has 1 aliphatic heterocycles. The average molecular weight is 385 g/mol. The molecule has 0 unspecified atom stereocenters. The lowest BCUT2D eigenvalue weighted by molar-refractivity contribution is -0.114. The Bertz CT molecular complexity index is 786. The molecular weight excluding hydrogens is 378 g/mol. The van der Waals surface area contributed by atoms with Crippen molar-refractivity contribution in [2.45, 2.75) is 0 Å². The highest BCUT2D eigenvalue weighted by molar-refractivity contribution is 9.11. The Morgan fingerprint density at radius 2 is 2.00 bits per heavy atom. The van der Waals surface area contributed by atoms with Gasteiger partial charge in [-0.05, 0) is 46.3 Å². The van der Waals surface area contributed by atoms with E-state index in [2.05, 4.69) is 15.9 Å². The molecule has 3 rings (SSSR count). The second-order valence-electron chi connectivity index (χ2n) is 4.41. The van der Waals surface area contributed by atoms with E-state index in [0.717, 1.165) is 3.79 Å². The van der Waals surface area contributed by atoms with E-state index in [4.69, 9.17) is 11.6 Å². The molecule has 106 valence electrons. The summed E-state index contributed by atoms with van der Waals surface area (Å²) < 4.78 is 0.832. The fourth-order valence-corrected chi connectivity index (χ4v) is 3.59. The van der Waals surface area contributed by atoms with Crippen molar-refractivity contribution in [3.8, 4) is 0 Å². The maximum absolute atomic E-state index is 12.2. The predicted octanol–water partition coefficient (Wildman–Crippen LogP) is 3.58. The van der Waals surface area contributed by atoms with Gasteiger partial charge in [0.15, 0.2) is 5.78 Å². The lowest BCUT2D eigenvalue weighted by atomic mass is 10.1. The van der Waals surface area contributed by atoms with E-state index < -0.39 is 11.7 Å². The van der Waals surface area contributed by atoms with Gasteiger partial charge in [0, 0.05) is 5.02 Å². The van der Waals surface area contributed by atoms with Gasteiger partial charge in [-0.3, -0.25) is 19.3 Å². The van der Waals surface area contributed by atoms with Gasteiger partial charge in [0.05, 0.1) is 26.5 Å². The summed E-state index contributed by atoms with van der Waals surface area (Å²) in [6, 6.07) is 8.02. The van der Waals surface area contributed by atoms with Gasteiger partial charge in [0.25, 0.3) is 11.7 Å². The summed E-state index contributed by atoms with van der Waals surface area (Å²) in [6.07, 6.45) is 0. The van der Waals surface area contributed by atoms with Crippen LogP contribution >= 0.6 is 38.9 Å². The number of nitrogens with zero attached hydrogens (tertiary/aromatic N) is 1. The molecule has 4 nitrogen and oxygen atoms in total. The molecule has 0 aliphatic carbocycles. The largest absolute Gasteiger partial charge is 0.299 e. The number of halogens is 2. The number of anilines is 1. The normalized spacial score (nSPS) is 13.7.